The number of nitrogens with one attached hydrogen (secondary N) is 1. The number of aliphatic imine (C=N–C) groups is 1. The quantitative estimate of drug-likeness (QED) is 0.634. The van der Waals surface area contributed by atoms with Crippen molar-refractivity contribution in [2.45, 2.75) is 59.1 Å². The maximum atomic E-state index is 11.9. The van der Waals surface area contributed by atoms with Gasteiger partial charge >= 0.3 is 6.09 Å². The Balaban J connectivity index is 2.53. The van der Waals surface area contributed by atoms with Crippen LogP contribution in [0.4, 0.5) is 4.79 Å². The Kier molecular flexibility index (Phi) is 5.53. The molecule has 1 aliphatic rings. The van der Waals surface area contributed by atoms with E-state index in [1.165, 1.54) is 0 Å². The molecule has 6 heteroatoms. The zero-order chi connectivity index (χ0) is 15.3. The second kappa shape index (κ2) is 6.72. The van der Waals surface area contributed by atoms with E-state index in [1.807, 2.05) is 6.92 Å². The normalized spacial score (nSPS) is 17.4. The third-order valence-electron chi connectivity index (χ3n) is 2.54. The first-order chi connectivity index (χ1) is 9.23. The van der Waals surface area contributed by atoms with Gasteiger partial charge in [0.05, 0.1) is 6.61 Å². The summed E-state index contributed by atoms with van der Waals surface area (Å²) in [5.41, 5.74) is -0.597. The lowest BCUT2D eigenvalue weighted by Crippen LogP contribution is -2.41. The topological polar surface area (TPSA) is 77.0 Å². The molecule has 1 fully saturated rings. The van der Waals surface area contributed by atoms with E-state index in [0.717, 1.165) is 12.8 Å². The standard InChI is InChI=1S/C14H24N2O4/c1-6-19-12(10-7-8-10)16-11(17)9(2)15-13(18)20-14(3,4)5/h9-10H,6-8H2,1-5H3,(H,15,18)/t9-/m0/s1. The Hall–Kier alpha value is -1.59. The lowest BCUT2D eigenvalue weighted by molar-refractivity contribution is -0.119. The molecule has 1 atom stereocenters. The number of rotatable bonds is 4. The summed E-state index contributed by atoms with van der Waals surface area (Å²) in [7, 11) is 0. The third kappa shape index (κ3) is 6.04. The number of amides is 2. The minimum absolute atomic E-state index is 0.257. The summed E-state index contributed by atoms with van der Waals surface area (Å²) in [6.07, 6.45) is 1.37. The smallest absolute Gasteiger partial charge is 0.408 e. The number of nitrogens with zero attached hydrogens (tertiary/aromatic N) is 1. The summed E-state index contributed by atoms with van der Waals surface area (Å²) in [5.74, 6) is 0.314. The first kappa shape index (κ1) is 16.5. The maximum Gasteiger partial charge on any atom is 0.408 e. The van der Waals surface area contributed by atoms with Crippen LogP contribution in [0.3, 0.4) is 0 Å². The van der Waals surface area contributed by atoms with Gasteiger partial charge in [0.2, 0.25) is 0 Å². The molecule has 2 amide bonds. The summed E-state index contributed by atoms with van der Waals surface area (Å²) in [5, 5.41) is 2.47. The molecule has 0 spiro atoms. The molecule has 0 aromatic rings. The number of ether oxygens (including phenoxy) is 2. The van der Waals surface area contributed by atoms with Crippen LogP contribution in [0.2, 0.25) is 0 Å². The first-order valence-corrected chi connectivity index (χ1v) is 6.97. The highest BCUT2D eigenvalue weighted by atomic mass is 16.6. The SMILES string of the molecule is CCOC(=NC(=O)[C@H](C)NC(=O)OC(C)(C)C)C1CC1. The van der Waals surface area contributed by atoms with Crippen molar-refractivity contribution in [2.24, 2.45) is 10.9 Å². The fraction of sp³-hybridized carbons (Fsp3) is 0.786. The summed E-state index contributed by atoms with van der Waals surface area (Å²) >= 11 is 0. The Morgan fingerprint density at radius 1 is 1.35 bits per heavy atom. The molecule has 1 aliphatic carbocycles. The van der Waals surface area contributed by atoms with Gasteiger partial charge in [0.25, 0.3) is 5.91 Å². The van der Waals surface area contributed by atoms with E-state index in [4.69, 9.17) is 9.47 Å². The van der Waals surface area contributed by atoms with Crippen LogP contribution in [0.15, 0.2) is 4.99 Å². The van der Waals surface area contributed by atoms with Crippen molar-refractivity contribution in [1.29, 1.82) is 0 Å². The van der Waals surface area contributed by atoms with Crippen molar-refractivity contribution < 1.29 is 19.1 Å². The molecule has 0 unspecified atom stereocenters. The maximum absolute atomic E-state index is 11.9. The van der Waals surface area contributed by atoms with Crippen LogP contribution in [0.1, 0.15) is 47.5 Å². The van der Waals surface area contributed by atoms with Gasteiger partial charge in [-0.2, -0.15) is 4.99 Å². The van der Waals surface area contributed by atoms with Crippen LogP contribution in [0.5, 0.6) is 0 Å². The molecule has 1 N–H and O–H groups in total. The van der Waals surface area contributed by atoms with Gasteiger partial charge in [-0.1, -0.05) is 0 Å². The Morgan fingerprint density at radius 2 is 1.95 bits per heavy atom. The lowest BCUT2D eigenvalue weighted by Gasteiger charge is -2.21. The van der Waals surface area contributed by atoms with Gasteiger partial charge in [-0.05, 0) is 47.5 Å². The van der Waals surface area contributed by atoms with E-state index in [0.29, 0.717) is 12.5 Å². The van der Waals surface area contributed by atoms with Crippen molar-refractivity contribution >= 4 is 17.9 Å². The molecule has 0 aromatic heterocycles. The second-order valence-electron chi connectivity index (χ2n) is 5.86. The minimum atomic E-state index is -0.737. The van der Waals surface area contributed by atoms with Gasteiger partial charge in [-0.25, -0.2) is 4.79 Å². The van der Waals surface area contributed by atoms with Crippen molar-refractivity contribution in [2.75, 3.05) is 6.61 Å². The molecule has 0 aromatic carbocycles. The highest BCUT2D eigenvalue weighted by Crippen LogP contribution is 2.31. The molecule has 0 bridgehead atoms. The fourth-order valence-corrected chi connectivity index (χ4v) is 1.47. The van der Waals surface area contributed by atoms with Crippen LogP contribution >= 0.6 is 0 Å². The Bertz CT molecular complexity index is 394. The summed E-state index contributed by atoms with van der Waals surface area (Å²) in [6.45, 7) is 9.19. The predicted molar refractivity (Wildman–Crippen MR) is 75.6 cm³/mol. The summed E-state index contributed by atoms with van der Waals surface area (Å²) < 4.78 is 10.4. The van der Waals surface area contributed by atoms with E-state index in [9.17, 15) is 9.59 Å². The zero-order valence-corrected chi connectivity index (χ0v) is 12.9. The Morgan fingerprint density at radius 3 is 2.40 bits per heavy atom. The molecule has 0 heterocycles. The van der Waals surface area contributed by atoms with Crippen molar-refractivity contribution in [3.05, 3.63) is 0 Å². The molecule has 0 radical (unpaired) electrons. The van der Waals surface area contributed by atoms with Crippen LogP contribution in [0.25, 0.3) is 0 Å². The van der Waals surface area contributed by atoms with E-state index in [2.05, 4.69) is 10.3 Å². The van der Waals surface area contributed by atoms with Gasteiger partial charge in [0.15, 0.2) is 5.90 Å². The average Bonchev–Trinajstić information content (AvgIpc) is 3.08. The molecule has 1 rings (SSSR count). The summed E-state index contributed by atoms with van der Waals surface area (Å²) in [4.78, 5) is 27.5. The number of alkyl carbamates (subject to hydrolysis) is 1. The Labute approximate surface area is 119 Å². The van der Waals surface area contributed by atoms with E-state index in [-0.39, 0.29) is 5.92 Å². The molecule has 0 aliphatic heterocycles. The van der Waals surface area contributed by atoms with Crippen molar-refractivity contribution in [1.82, 2.24) is 5.32 Å². The van der Waals surface area contributed by atoms with Crippen LogP contribution in [-0.4, -0.2) is 36.1 Å². The van der Waals surface area contributed by atoms with Gasteiger partial charge in [-0.3, -0.25) is 4.79 Å². The molecular weight excluding hydrogens is 260 g/mol. The molecule has 0 saturated heterocycles. The molecular formula is C14H24N2O4. The number of hydrogen-bond donors (Lipinski definition) is 1. The van der Waals surface area contributed by atoms with Crippen LogP contribution < -0.4 is 5.32 Å². The monoisotopic (exact) mass is 284 g/mol. The first-order valence-electron chi connectivity index (χ1n) is 6.97. The zero-order valence-electron chi connectivity index (χ0n) is 12.9. The third-order valence-corrected chi connectivity index (χ3v) is 2.54. The lowest BCUT2D eigenvalue weighted by atomic mass is 10.2. The summed E-state index contributed by atoms with van der Waals surface area (Å²) in [6, 6.07) is -0.737. The van der Waals surface area contributed by atoms with E-state index in [1.54, 1.807) is 27.7 Å². The molecule has 20 heavy (non-hydrogen) atoms. The van der Waals surface area contributed by atoms with Gasteiger partial charge in [0.1, 0.15) is 11.6 Å². The van der Waals surface area contributed by atoms with E-state index >= 15 is 0 Å². The predicted octanol–water partition coefficient (Wildman–Crippen LogP) is 2.27. The van der Waals surface area contributed by atoms with E-state index < -0.39 is 23.6 Å². The molecule has 114 valence electrons. The fourth-order valence-electron chi connectivity index (χ4n) is 1.47. The highest BCUT2D eigenvalue weighted by molar-refractivity contribution is 5.96. The molecule has 6 nitrogen and oxygen atoms in total. The number of carbonyl (C=O) groups is 2. The average molecular weight is 284 g/mol. The highest BCUT2D eigenvalue weighted by Gasteiger charge is 2.30. The van der Waals surface area contributed by atoms with Crippen molar-refractivity contribution in [3.63, 3.8) is 0 Å². The van der Waals surface area contributed by atoms with Gasteiger partial charge in [0, 0.05) is 5.92 Å². The number of hydrogen-bond acceptors (Lipinski definition) is 4. The molecule has 1 saturated carbocycles. The van der Waals surface area contributed by atoms with Gasteiger partial charge in [-0.15, -0.1) is 0 Å². The minimum Gasteiger partial charge on any atom is -0.481 e. The number of carbonyl (C=O) groups excluding carboxylic acids is 2. The largest absolute Gasteiger partial charge is 0.481 e. The van der Waals surface area contributed by atoms with Crippen LogP contribution in [0, 0.1) is 5.92 Å². The van der Waals surface area contributed by atoms with Gasteiger partial charge < -0.3 is 14.8 Å². The second-order valence-corrected chi connectivity index (χ2v) is 5.86. The van der Waals surface area contributed by atoms with Crippen LogP contribution in [-0.2, 0) is 14.3 Å². The van der Waals surface area contributed by atoms with Crippen molar-refractivity contribution in [3.8, 4) is 0 Å².